The fourth-order valence-corrected chi connectivity index (χ4v) is 9.08. The first-order valence-electron chi connectivity index (χ1n) is 15.7. The molecule has 6 rings (SSSR count). The van der Waals surface area contributed by atoms with Crippen LogP contribution in [0.3, 0.4) is 0 Å². The Morgan fingerprint density at radius 2 is 1.98 bits per heavy atom. The molecule has 0 radical (unpaired) electrons. The van der Waals surface area contributed by atoms with Gasteiger partial charge in [0.25, 0.3) is 5.91 Å². The van der Waals surface area contributed by atoms with Gasteiger partial charge in [0.15, 0.2) is 0 Å². The highest BCUT2D eigenvalue weighted by Crippen LogP contribution is 2.48. The lowest BCUT2D eigenvalue weighted by atomic mass is 9.64. The first kappa shape index (κ1) is 31.0. The first-order chi connectivity index (χ1) is 20.9. The molecule has 2 aliphatic carbocycles. The van der Waals surface area contributed by atoms with Gasteiger partial charge < -0.3 is 14.7 Å². The number of rotatable bonds is 0. The number of benzene rings is 2. The van der Waals surface area contributed by atoms with Crippen molar-refractivity contribution in [3.63, 3.8) is 0 Å². The Morgan fingerprint density at radius 3 is 2.73 bits per heavy atom. The standard InChI is InChI=1S/C35H41ClN2O5S/c1-4-15-35(40)17-5-7-23(2)24(3)44(41,42)37-33(39)26-10-14-32-31(19-26)38(20-27-9-12-30(27)35)21-34(22-43-32)16-6-8-25-18-28(36)11-13-29(25)34/h5,10-11,13-14,17-19,23-24,27,30,40H,6-9,12,16,20-22H2,1-3H3,(H,37,39)/b17-5+/t23-,24+,27-,30+,34-,35-/m0/s1. The van der Waals surface area contributed by atoms with Gasteiger partial charge >= 0.3 is 0 Å². The van der Waals surface area contributed by atoms with Crippen LogP contribution in [0, 0.1) is 29.6 Å². The smallest absolute Gasteiger partial charge is 0.264 e. The number of hydrogen-bond donors (Lipinski definition) is 2. The van der Waals surface area contributed by atoms with Gasteiger partial charge in [-0.25, -0.2) is 13.1 Å². The number of hydrogen-bond acceptors (Lipinski definition) is 6. The van der Waals surface area contributed by atoms with Crippen LogP contribution in [0.2, 0.25) is 5.02 Å². The molecular weight excluding hydrogens is 596 g/mol. The number of carbonyl (C=O) groups excluding carboxylic acids is 1. The molecule has 2 aromatic rings. The number of carbonyl (C=O) groups is 1. The van der Waals surface area contributed by atoms with E-state index in [-0.39, 0.29) is 28.7 Å². The maximum absolute atomic E-state index is 13.4. The van der Waals surface area contributed by atoms with Gasteiger partial charge in [-0.3, -0.25) is 4.79 Å². The summed E-state index contributed by atoms with van der Waals surface area (Å²) in [6, 6.07) is 11.3. The average molecular weight is 637 g/mol. The number of aryl methyl sites for hydroxylation is 1. The van der Waals surface area contributed by atoms with E-state index in [0.29, 0.717) is 31.9 Å². The number of nitrogens with one attached hydrogen (secondary N) is 1. The summed E-state index contributed by atoms with van der Waals surface area (Å²) in [6.07, 6.45) is 8.73. The summed E-state index contributed by atoms with van der Waals surface area (Å²) >= 11 is 6.41. The lowest BCUT2D eigenvalue weighted by Crippen LogP contribution is -2.52. The first-order valence-corrected chi connectivity index (χ1v) is 17.6. The van der Waals surface area contributed by atoms with Crippen LogP contribution in [0.4, 0.5) is 5.69 Å². The number of anilines is 1. The molecule has 6 atom stereocenters. The predicted octanol–water partition coefficient (Wildman–Crippen LogP) is 5.64. The van der Waals surface area contributed by atoms with Crippen molar-refractivity contribution >= 4 is 33.2 Å². The molecule has 1 amide bonds. The summed E-state index contributed by atoms with van der Waals surface area (Å²) in [5.74, 6) is 5.81. The zero-order chi connectivity index (χ0) is 31.3. The third-order valence-corrected chi connectivity index (χ3v) is 12.6. The van der Waals surface area contributed by atoms with E-state index >= 15 is 0 Å². The van der Waals surface area contributed by atoms with Crippen molar-refractivity contribution in [2.24, 2.45) is 17.8 Å². The average Bonchev–Trinajstić information content (AvgIpc) is 3.11. The zero-order valence-electron chi connectivity index (χ0n) is 25.6. The number of sulfonamides is 1. The minimum atomic E-state index is -3.96. The van der Waals surface area contributed by atoms with Crippen LogP contribution in [0.25, 0.3) is 0 Å². The molecule has 2 N–H and O–H groups in total. The molecule has 1 spiro atoms. The molecule has 0 saturated heterocycles. The second kappa shape index (κ2) is 11.7. The molecule has 1 fully saturated rings. The molecule has 44 heavy (non-hydrogen) atoms. The van der Waals surface area contributed by atoms with Crippen LogP contribution >= 0.6 is 11.6 Å². The van der Waals surface area contributed by atoms with Crippen molar-refractivity contribution in [1.29, 1.82) is 0 Å². The van der Waals surface area contributed by atoms with Crippen LogP contribution in [0.5, 0.6) is 5.75 Å². The predicted molar refractivity (Wildman–Crippen MR) is 174 cm³/mol. The molecule has 2 bridgehead atoms. The highest BCUT2D eigenvalue weighted by molar-refractivity contribution is 7.90. The summed E-state index contributed by atoms with van der Waals surface area (Å²) in [6.45, 7) is 6.96. The molecule has 4 aliphatic rings. The summed E-state index contributed by atoms with van der Waals surface area (Å²) in [7, 11) is -3.96. The van der Waals surface area contributed by atoms with Gasteiger partial charge in [-0.15, -0.1) is 5.92 Å². The largest absolute Gasteiger partial charge is 0.490 e. The Morgan fingerprint density at radius 1 is 1.16 bits per heavy atom. The van der Waals surface area contributed by atoms with Gasteiger partial charge in [-0.2, -0.15) is 0 Å². The monoisotopic (exact) mass is 636 g/mol. The van der Waals surface area contributed by atoms with Crippen LogP contribution in [0.15, 0.2) is 48.6 Å². The van der Waals surface area contributed by atoms with Crippen molar-refractivity contribution in [1.82, 2.24) is 4.72 Å². The van der Waals surface area contributed by atoms with Gasteiger partial charge in [-0.05, 0) is 112 Å². The molecule has 0 unspecified atom stereocenters. The molecule has 7 nitrogen and oxygen atoms in total. The normalized spacial score (nSPS) is 33.7. The van der Waals surface area contributed by atoms with Crippen molar-refractivity contribution in [3.8, 4) is 17.6 Å². The Labute approximate surface area is 266 Å². The number of ether oxygens (including phenoxy) is 1. The van der Waals surface area contributed by atoms with Crippen molar-refractivity contribution in [2.75, 3.05) is 24.6 Å². The van der Waals surface area contributed by atoms with Crippen molar-refractivity contribution in [3.05, 3.63) is 70.3 Å². The summed E-state index contributed by atoms with van der Waals surface area (Å²) in [5, 5.41) is 11.8. The Hall–Kier alpha value is -2.99. The van der Waals surface area contributed by atoms with Crippen molar-refractivity contribution < 1.29 is 23.1 Å². The molecule has 2 heterocycles. The molecule has 1 saturated carbocycles. The maximum atomic E-state index is 13.4. The Kier molecular flexibility index (Phi) is 8.28. The molecule has 2 aromatic carbocycles. The number of allylic oxidation sites excluding steroid dienone is 1. The van der Waals surface area contributed by atoms with Crippen molar-refractivity contribution in [2.45, 2.75) is 75.6 Å². The highest BCUT2D eigenvalue weighted by atomic mass is 35.5. The summed E-state index contributed by atoms with van der Waals surface area (Å²) in [5.41, 5.74) is 1.88. The number of halogens is 1. The highest BCUT2D eigenvalue weighted by Gasteiger charge is 2.47. The number of aliphatic hydroxyl groups is 1. The van der Waals surface area contributed by atoms with E-state index in [2.05, 4.69) is 33.6 Å². The maximum Gasteiger partial charge on any atom is 0.264 e. The van der Waals surface area contributed by atoms with Gasteiger partial charge in [0.1, 0.15) is 11.4 Å². The minimum absolute atomic E-state index is 0.0805. The van der Waals surface area contributed by atoms with E-state index < -0.39 is 26.8 Å². The summed E-state index contributed by atoms with van der Waals surface area (Å²) < 4.78 is 35.4. The summed E-state index contributed by atoms with van der Waals surface area (Å²) in [4.78, 5) is 15.7. The van der Waals surface area contributed by atoms with E-state index in [0.717, 1.165) is 42.8 Å². The fourth-order valence-electron chi connectivity index (χ4n) is 7.60. The van der Waals surface area contributed by atoms with Crippen LogP contribution in [-0.2, 0) is 21.9 Å². The molecule has 234 valence electrons. The van der Waals surface area contributed by atoms with Crippen LogP contribution < -0.4 is 14.4 Å². The molecule has 2 aliphatic heterocycles. The van der Waals surface area contributed by atoms with E-state index in [1.807, 2.05) is 19.1 Å². The number of nitrogens with zero attached hydrogens (tertiary/aromatic N) is 1. The van der Waals surface area contributed by atoms with E-state index in [4.69, 9.17) is 16.3 Å². The van der Waals surface area contributed by atoms with Gasteiger partial charge in [0.2, 0.25) is 10.0 Å². The van der Waals surface area contributed by atoms with Crippen LogP contribution in [0.1, 0.15) is 74.4 Å². The lowest BCUT2D eigenvalue weighted by Gasteiger charge is -2.47. The molecular formula is C35H41ClN2O5S. The Bertz CT molecular complexity index is 1660. The molecule has 0 aromatic heterocycles. The second-order valence-corrected chi connectivity index (χ2v) is 15.7. The minimum Gasteiger partial charge on any atom is -0.490 e. The number of amides is 1. The quantitative estimate of drug-likeness (QED) is 0.287. The third kappa shape index (κ3) is 5.63. The zero-order valence-corrected chi connectivity index (χ0v) is 27.2. The topological polar surface area (TPSA) is 95.9 Å². The van der Waals surface area contributed by atoms with Gasteiger partial charge in [0.05, 0.1) is 17.5 Å². The van der Waals surface area contributed by atoms with E-state index in [1.165, 1.54) is 11.1 Å². The van der Waals surface area contributed by atoms with Gasteiger partial charge in [-0.1, -0.05) is 36.6 Å². The number of fused-ring (bicyclic) bond motifs is 4. The van der Waals surface area contributed by atoms with E-state index in [1.54, 1.807) is 38.1 Å². The van der Waals surface area contributed by atoms with Gasteiger partial charge in [0, 0.05) is 35.0 Å². The van der Waals surface area contributed by atoms with Crippen LogP contribution in [-0.4, -0.2) is 50.0 Å². The third-order valence-electron chi connectivity index (χ3n) is 10.5. The Balaban J connectivity index is 1.46. The molecule has 9 heteroatoms. The van der Waals surface area contributed by atoms with E-state index in [9.17, 15) is 18.3 Å². The second-order valence-electron chi connectivity index (χ2n) is 13.2. The lowest BCUT2D eigenvalue weighted by molar-refractivity contribution is -0.00321. The fraction of sp³-hybridized carbons (Fsp3) is 0.514. The SMILES string of the molecule is CC#C[C@]1(O)/C=C/C[C@H](C)[C@@H](C)S(=O)(=O)NC(=O)c2ccc3c(c2)N(C[C@@H]2CC[C@H]21)C[C@@]1(CCCc2cc(Cl)ccc21)CO3.